The van der Waals surface area contributed by atoms with E-state index in [0.717, 1.165) is 6.33 Å². The number of aromatic nitrogens is 4. The van der Waals surface area contributed by atoms with Crippen molar-refractivity contribution >= 4 is 46.5 Å². The van der Waals surface area contributed by atoms with Gasteiger partial charge in [0.15, 0.2) is 11.2 Å². The Hall–Kier alpha value is -3.04. The van der Waals surface area contributed by atoms with E-state index in [-0.39, 0.29) is 34.7 Å². The van der Waals surface area contributed by atoms with Gasteiger partial charge in [-0.05, 0) is 11.1 Å². The van der Waals surface area contributed by atoms with Crippen molar-refractivity contribution in [2.45, 2.75) is 44.2 Å². The molecular weight excluding hydrogens is 698 g/mol. The summed E-state index contributed by atoms with van der Waals surface area (Å²) in [5, 5.41) is 11.9. The molecular formula is C20H21F3N6O14P3-3. The van der Waals surface area contributed by atoms with Crippen LogP contribution < -0.4 is 31.3 Å². The Labute approximate surface area is 254 Å². The first-order chi connectivity index (χ1) is 21.2. The van der Waals surface area contributed by atoms with Gasteiger partial charge in [-0.2, -0.15) is 18.2 Å². The van der Waals surface area contributed by atoms with Crippen LogP contribution in [-0.4, -0.2) is 55.5 Å². The van der Waals surface area contributed by atoms with E-state index in [4.69, 9.17) is 10.5 Å². The number of phosphoric acid groups is 3. The van der Waals surface area contributed by atoms with Gasteiger partial charge in [0.2, 0.25) is 5.95 Å². The van der Waals surface area contributed by atoms with Crippen molar-refractivity contribution in [3.05, 3.63) is 52.1 Å². The Kier molecular flexibility index (Phi) is 10.6. The summed E-state index contributed by atoms with van der Waals surface area (Å²) in [6.45, 7) is -2.38. The molecule has 254 valence electrons. The second-order valence-corrected chi connectivity index (χ2v) is 13.8. The summed E-state index contributed by atoms with van der Waals surface area (Å²) in [5.41, 5.74) is 4.98. The summed E-state index contributed by atoms with van der Waals surface area (Å²) in [6.07, 6.45) is -7.96. The number of benzene rings is 1. The van der Waals surface area contributed by atoms with Crippen LogP contribution in [0.4, 0.5) is 19.1 Å². The molecule has 4 rings (SSSR count). The number of rotatable bonds is 13. The van der Waals surface area contributed by atoms with Gasteiger partial charge in [-0.15, -0.1) is 0 Å². The van der Waals surface area contributed by atoms with Gasteiger partial charge in [0.1, 0.15) is 12.3 Å². The molecule has 2 aromatic heterocycles. The maximum atomic E-state index is 12.3. The van der Waals surface area contributed by atoms with Crippen molar-refractivity contribution in [1.29, 1.82) is 0 Å². The summed E-state index contributed by atoms with van der Waals surface area (Å²) in [5.74, 6) is -2.42. The van der Waals surface area contributed by atoms with Crippen LogP contribution in [0.2, 0.25) is 0 Å². The molecule has 1 saturated heterocycles. The minimum atomic E-state index is -6.21. The van der Waals surface area contributed by atoms with Gasteiger partial charge >= 0.3 is 12.1 Å². The number of alkyl halides is 3. The van der Waals surface area contributed by atoms with E-state index in [2.05, 4.69) is 32.6 Å². The molecule has 0 aliphatic carbocycles. The van der Waals surface area contributed by atoms with E-state index in [1.807, 2.05) is 0 Å². The minimum absolute atomic E-state index is 0.0154. The number of fused-ring (bicyclic) bond motifs is 1. The Morgan fingerprint density at radius 2 is 1.72 bits per heavy atom. The number of H-pyrrole nitrogens is 1. The number of hydrogen-bond acceptors (Lipinski definition) is 17. The van der Waals surface area contributed by atoms with Crippen LogP contribution >= 0.6 is 23.5 Å². The third kappa shape index (κ3) is 9.50. The van der Waals surface area contributed by atoms with Crippen LogP contribution in [0.15, 0.2) is 35.4 Å². The normalized spacial score (nSPS) is 22.6. The first kappa shape index (κ1) is 35.8. The topological polar surface area (TPSA) is 305 Å². The lowest BCUT2D eigenvalue weighted by Gasteiger charge is -2.34. The summed E-state index contributed by atoms with van der Waals surface area (Å²) in [7, 11) is -17.9. The Morgan fingerprint density at radius 3 is 2.35 bits per heavy atom. The van der Waals surface area contributed by atoms with Crippen molar-refractivity contribution in [2.24, 2.45) is 0 Å². The van der Waals surface area contributed by atoms with E-state index >= 15 is 0 Å². The highest BCUT2D eigenvalue weighted by Crippen LogP contribution is 2.63. The number of aliphatic hydroxyl groups is 1. The zero-order valence-electron chi connectivity index (χ0n) is 22.6. The number of anilines is 1. The standard InChI is InChI=1S/C20H24F3N6O14P3/c21-20(22,23)18(32)25-6-10-1-3-11(4-2-10)7-39-44(33,34)42-46(37,38)43-45(35,36)40-8-13-12(30)5-14(41-13)29-9-26-15-16(29)27-19(24)28-17(15)31/h1-4,9,12-14,30H,5-8H2,(H,25,32)(H,33,34)(H,35,36)(H,37,38)(H3,24,27,28,31)/p-3/t12-,13-,14-/m1/s1. The van der Waals surface area contributed by atoms with Crippen molar-refractivity contribution in [1.82, 2.24) is 24.8 Å². The average Bonchev–Trinajstić information content (AvgIpc) is 3.51. The number of phosphoric ester groups is 2. The SMILES string of the molecule is Nc1nc2c(ncn2[C@H]2C[C@@H](O)[C@@H](COP(=O)([O-])OP(=O)([O-])OP(=O)([O-])OCc3ccc(CNC(=O)C(F)(F)F)cc3)O2)c(=O)[nH]1. The van der Waals surface area contributed by atoms with Crippen LogP contribution in [0.5, 0.6) is 0 Å². The predicted molar refractivity (Wildman–Crippen MR) is 137 cm³/mol. The van der Waals surface area contributed by atoms with Crippen molar-refractivity contribution in [2.75, 3.05) is 12.3 Å². The summed E-state index contributed by atoms with van der Waals surface area (Å²) < 4.78 is 95.9. The second kappa shape index (κ2) is 13.6. The van der Waals surface area contributed by atoms with Gasteiger partial charge in [0, 0.05) is 13.0 Å². The van der Waals surface area contributed by atoms with Gasteiger partial charge in [-0.1, -0.05) is 24.3 Å². The highest BCUT2D eigenvalue weighted by Gasteiger charge is 2.39. The first-order valence-corrected chi connectivity index (χ1v) is 16.8. The highest BCUT2D eigenvalue weighted by molar-refractivity contribution is 7.65. The molecule has 1 aliphatic heterocycles. The molecule has 20 nitrogen and oxygen atoms in total. The van der Waals surface area contributed by atoms with Crippen LogP contribution in [0.25, 0.3) is 11.2 Å². The van der Waals surface area contributed by atoms with E-state index < -0.39 is 79.3 Å². The predicted octanol–water partition coefficient (Wildman–Crippen LogP) is -0.799. The molecule has 46 heavy (non-hydrogen) atoms. The average molecular weight is 719 g/mol. The number of amides is 1. The molecule has 3 aromatic rings. The van der Waals surface area contributed by atoms with E-state index in [1.54, 1.807) is 5.32 Å². The number of imidazole rings is 1. The fourth-order valence-corrected chi connectivity index (χ4v) is 7.21. The molecule has 5 N–H and O–H groups in total. The third-order valence-electron chi connectivity index (χ3n) is 5.88. The van der Waals surface area contributed by atoms with Gasteiger partial charge in [-0.3, -0.25) is 32.8 Å². The molecule has 0 bridgehead atoms. The van der Waals surface area contributed by atoms with E-state index in [9.17, 15) is 56.2 Å². The lowest BCUT2D eigenvalue weighted by atomic mass is 10.1. The number of carbonyl (C=O) groups is 1. The lowest BCUT2D eigenvalue weighted by Crippen LogP contribution is -2.36. The molecule has 26 heteroatoms. The summed E-state index contributed by atoms with van der Waals surface area (Å²) in [4.78, 5) is 69.0. The fourth-order valence-electron chi connectivity index (χ4n) is 3.85. The molecule has 0 radical (unpaired) electrons. The smallest absolute Gasteiger partial charge is 0.471 e. The maximum absolute atomic E-state index is 12.3. The number of nitrogens with one attached hydrogen (secondary N) is 2. The zero-order valence-corrected chi connectivity index (χ0v) is 25.3. The number of carbonyl (C=O) groups excluding carboxylic acids is 1. The Balaban J connectivity index is 1.27. The Bertz CT molecular complexity index is 1790. The van der Waals surface area contributed by atoms with Crippen LogP contribution in [0.1, 0.15) is 23.8 Å². The molecule has 0 saturated carbocycles. The van der Waals surface area contributed by atoms with E-state index in [0.29, 0.717) is 0 Å². The van der Waals surface area contributed by atoms with Gasteiger partial charge in [0.05, 0.1) is 25.6 Å². The number of aromatic amines is 1. The number of aliphatic hydroxyl groups excluding tert-OH is 1. The van der Waals surface area contributed by atoms with Crippen LogP contribution in [-0.2, 0) is 54.0 Å². The molecule has 1 aliphatic rings. The number of halogens is 3. The van der Waals surface area contributed by atoms with Crippen LogP contribution in [0.3, 0.4) is 0 Å². The fraction of sp³-hybridized carbons (Fsp3) is 0.400. The summed E-state index contributed by atoms with van der Waals surface area (Å²) in [6, 6.07) is 4.76. The largest absolute Gasteiger partial charge is 0.756 e. The molecule has 1 amide bonds. The van der Waals surface area contributed by atoms with E-state index in [1.165, 1.54) is 28.8 Å². The van der Waals surface area contributed by atoms with Crippen LogP contribution in [0, 0.1) is 0 Å². The number of hydrogen-bond donors (Lipinski definition) is 4. The number of nitrogen functional groups attached to an aromatic ring is 1. The maximum Gasteiger partial charge on any atom is 0.471 e. The number of nitrogens with zero attached hydrogens (tertiary/aromatic N) is 3. The quantitative estimate of drug-likeness (QED) is 0.157. The molecule has 3 heterocycles. The van der Waals surface area contributed by atoms with Gasteiger partial charge in [-0.25, -0.2) is 13.6 Å². The monoisotopic (exact) mass is 719 g/mol. The highest BCUT2D eigenvalue weighted by atomic mass is 31.3. The lowest BCUT2D eigenvalue weighted by molar-refractivity contribution is -0.252. The van der Waals surface area contributed by atoms with Gasteiger partial charge in [0.25, 0.3) is 29.0 Å². The molecule has 6 atom stereocenters. The molecule has 1 aromatic carbocycles. The molecule has 3 unspecified atom stereocenters. The Morgan fingerprint density at radius 1 is 1.11 bits per heavy atom. The third-order valence-corrected chi connectivity index (χ3v) is 10.00. The van der Waals surface area contributed by atoms with Crippen molar-refractivity contribution in [3.8, 4) is 0 Å². The minimum Gasteiger partial charge on any atom is -0.756 e. The molecule has 1 fully saturated rings. The number of ether oxygens (including phenoxy) is 1. The number of nitrogens with two attached hydrogens (primary N) is 1. The van der Waals surface area contributed by atoms with Crippen molar-refractivity contribution < 1.29 is 73.9 Å². The first-order valence-electron chi connectivity index (χ1n) is 12.4. The second-order valence-electron chi connectivity index (χ2n) is 9.28. The molecule has 0 spiro atoms. The van der Waals surface area contributed by atoms with Gasteiger partial charge < -0.3 is 44.6 Å². The summed E-state index contributed by atoms with van der Waals surface area (Å²) >= 11 is 0. The van der Waals surface area contributed by atoms with Crippen molar-refractivity contribution in [3.63, 3.8) is 0 Å². The zero-order chi connectivity index (χ0) is 34.1.